The molecule has 1 aromatic rings. The van der Waals surface area contributed by atoms with Crippen LogP contribution in [0.2, 0.25) is 0 Å². The van der Waals surface area contributed by atoms with Gasteiger partial charge in [0.25, 0.3) is 0 Å². The summed E-state index contributed by atoms with van der Waals surface area (Å²) >= 11 is 0. The Balaban J connectivity index is 0.00000156. The van der Waals surface area contributed by atoms with Crippen LogP contribution >= 0.6 is 24.8 Å². The van der Waals surface area contributed by atoms with Gasteiger partial charge in [0.05, 0.1) is 0 Å². The van der Waals surface area contributed by atoms with Crippen molar-refractivity contribution < 1.29 is 4.79 Å². The van der Waals surface area contributed by atoms with Crippen molar-refractivity contribution in [2.45, 2.75) is 25.7 Å². The van der Waals surface area contributed by atoms with E-state index in [9.17, 15) is 4.79 Å². The maximum absolute atomic E-state index is 12.3. The average Bonchev–Trinajstić information content (AvgIpc) is 3.13. The van der Waals surface area contributed by atoms with Crippen molar-refractivity contribution in [3.8, 4) is 0 Å². The minimum absolute atomic E-state index is 0. The number of hydrogen-bond acceptors (Lipinski definition) is 3. The zero-order chi connectivity index (χ0) is 15.9. The van der Waals surface area contributed by atoms with Crippen molar-refractivity contribution in [1.82, 2.24) is 15.1 Å². The fraction of sp³-hybridized carbons (Fsp3) is 0.632. The number of nitrogens with zero attached hydrogens (tertiary/aromatic N) is 2. The van der Waals surface area contributed by atoms with Crippen LogP contribution in [-0.4, -0.2) is 61.5 Å². The number of nitrogens with one attached hydrogen (secondary N) is 1. The van der Waals surface area contributed by atoms with Gasteiger partial charge in [-0.2, -0.15) is 0 Å². The van der Waals surface area contributed by atoms with Crippen LogP contribution in [0.15, 0.2) is 30.3 Å². The van der Waals surface area contributed by atoms with Gasteiger partial charge in [-0.1, -0.05) is 30.3 Å². The van der Waals surface area contributed by atoms with Gasteiger partial charge in [-0.05, 0) is 43.8 Å². The molecular weight excluding hydrogens is 357 g/mol. The molecule has 25 heavy (non-hydrogen) atoms. The van der Waals surface area contributed by atoms with E-state index in [4.69, 9.17) is 0 Å². The van der Waals surface area contributed by atoms with Gasteiger partial charge in [-0.15, -0.1) is 24.8 Å². The monoisotopic (exact) mass is 387 g/mol. The Morgan fingerprint density at radius 3 is 2.44 bits per heavy atom. The van der Waals surface area contributed by atoms with Crippen molar-refractivity contribution >= 4 is 30.7 Å². The molecule has 0 aromatic heterocycles. The van der Waals surface area contributed by atoms with Crippen LogP contribution in [0, 0.1) is 5.92 Å². The number of halogens is 2. The largest absolute Gasteiger partial charge is 0.340 e. The molecule has 0 aliphatic carbocycles. The Hall–Kier alpha value is -0.810. The molecule has 0 bridgehead atoms. The smallest absolute Gasteiger partial charge is 0.222 e. The molecule has 0 spiro atoms. The highest BCUT2D eigenvalue weighted by Gasteiger charge is 2.22. The first-order valence-corrected chi connectivity index (χ1v) is 9.06. The molecule has 2 fully saturated rings. The molecule has 1 unspecified atom stereocenters. The van der Waals surface area contributed by atoms with Gasteiger partial charge in [0.1, 0.15) is 0 Å². The van der Waals surface area contributed by atoms with Crippen LogP contribution in [0.3, 0.4) is 0 Å². The summed E-state index contributed by atoms with van der Waals surface area (Å²) in [5.74, 6) is 1.07. The molecule has 3 rings (SSSR count). The second-order valence-electron chi connectivity index (χ2n) is 6.86. The first-order valence-electron chi connectivity index (χ1n) is 9.06. The summed E-state index contributed by atoms with van der Waals surface area (Å²) in [7, 11) is 0. The lowest BCUT2D eigenvalue weighted by Crippen LogP contribution is -2.49. The third kappa shape index (κ3) is 7.14. The lowest BCUT2D eigenvalue weighted by molar-refractivity contribution is -0.133. The van der Waals surface area contributed by atoms with Crippen LogP contribution in [0.5, 0.6) is 0 Å². The Morgan fingerprint density at radius 2 is 1.80 bits per heavy atom. The van der Waals surface area contributed by atoms with E-state index in [0.29, 0.717) is 11.8 Å². The van der Waals surface area contributed by atoms with Crippen LogP contribution < -0.4 is 5.32 Å². The van der Waals surface area contributed by atoms with Crippen LogP contribution in [0.1, 0.15) is 24.8 Å². The minimum atomic E-state index is 0. The molecule has 0 radical (unpaired) electrons. The second kappa shape index (κ2) is 11.7. The third-order valence-electron chi connectivity index (χ3n) is 5.21. The summed E-state index contributed by atoms with van der Waals surface area (Å²) in [6.45, 7) is 7.15. The maximum atomic E-state index is 12.3. The molecule has 1 atom stereocenters. The molecule has 1 amide bonds. The number of carbonyl (C=O) groups excluding carboxylic acids is 1. The first-order chi connectivity index (χ1) is 11.3. The van der Waals surface area contributed by atoms with Gasteiger partial charge >= 0.3 is 0 Å². The van der Waals surface area contributed by atoms with Crippen molar-refractivity contribution in [2.24, 2.45) is 5.92 Å². The van der Waals surface area contributed by atoms with Crippen molar-refractivity contribution in [2.75, 3.05) is 45.8 Å². The number of hydrogen-bond donors (Lipinski definition) is 1. The number of piperazine rings is 1. The molecule has 1 N–H and O–H groups in total. The lowest BCUT2D eigenvalue weighted by Gasteiger charge is -2.35. The predicted molar refractivity (Wildman–Crippen MR) is 108 cm³/mol. The van der Waals surface area contributed by atoms with Crippen LogP contribution in [0.4, 0.5) is 0 Å². The normalized spacial score (nSPS) is 20.6. The van der Waals surface area contributed by atoms with Crippen LogP contribution in [-0.2, 0) is 11.2 Å². The lowest BCUT2D eigenvalue weighted by atomic mass is 10.0. The Morgan fingerprint density at radius 1 is 1.08 bits per heavy atom. The summed E-state index contributed by atoms with van der Waals surface area (Å²) in [6.07, 6.45) is 4.13. The summed E-state index contributed by atoms with van der Waals surface area (Å²) in [6, 6.07) is 10.7. The highest BCUT2D eigenvalue weighted by molar-refractivity contribution is 5.85. The quantitative estimate of drug-likeness (QED) is 0.814. The molecule has 1 aromatic carbocycles. The van der Waals surface area contributed by atoms with E-state index < -0.39 is 0 Å². The van der Waals surface area contributed by atoms with Crippen molar-refractivity contribution in [1.29, 1.82) is 0 Å². The topological polar surface area (TPSA) is 35.6 Å². The van der Waals surface area contributed by atoms with Gasteiger partial charge in [0, 0.05) is 39.1 Å². The third-order valence-corrected chi connectivity index (χ3v) is 5.21. The van der Waals surface area contributed by atoms with Gasteiger partial charge in [0.15, 0.2) is 0 Å². The van der Waals surface area contributed by atoms with E-state index in [2.05, 4.69) is 45.4 Å². The molecular formula is C19H31Cl2N3O. The zero-order valence-electron chi connectivity index (χ0n) is 14.9. The predicted octanol–water partition coefficient (Wildman–Crippen LogP) is 2.61. The average molecular weight is 388 g/mol. The molecule has 4 nitrogen and oxygen atoms in total. The number of carbonyl (C=O) groups is 1. The highest BCUT2D eigenvalue weighted by atomic mass is 35.5. The van der Waals surface area contributed by atoms with Gasteiger partial charge in [0.2, 0.25) is 5.91 Å². The van der Waals surface area contributed by atoms with Crippen molar-refractivity contribution in [3.63, 3.8) is 0 Å². The molecule has 2 aliphatic rings. The van der Waals surface area contributed by atoms with Gasteiger partial charge < -0.3 is 10.2 Å². The Labute approximate surface area is 164 Å². The Kier molecular flexibility index (Phi) is 10.4. The fourth-order valence-corrected chi connectivity index (χ4v) is 3.60. The molecule has 0 saturated carbocycles. The number of amides is 1. The summed E-state index contributed by atoms with van der Waals surface area (Å²) < 4.78 is 0. The highest BCUT2D eigenvalue weighted by Crippen LogP contribution is 2.16. The van der Waals surface area contributed by atoms with Crippen LogP contribution in [0.25, 0.3) is 0 Å². The summed E-state index contributed by atoms with van der Waals surface area (Å²) in [5, 5.41) is 3.38. The number of benzene rings is 1. The zero-order valence-corrected chi connectivity index (χ0v) is 16.5. The SMILES string of the molecule is Cl.Cl.O=C(CCC1CCNC1)N1CCN(CCc2ccccc2)CC1. The van der Waals surface area contributed by atoms with E-state index in [1.165, 1.54) is 12.0 Å². The van der Waals surface area contributed by atoms with Crippen molar-refractivity contribution in [3.05, 3.63) is 35.9 Å². The van der Waals surface area contributed by atoms with E-state index in [1.54, 1.807) is 0 Å². The van der Waals surface area contributed by atoms with E-state index >= 15 is 0 Å². The fourth-order valence-electron chi connectivity index (χ4n) is 3.60. The van der Waals surface area contributed by atoms with E-state index in [-0.39, 0.29) is 24.8 Å². The summed E-state index contributed by atoms with van der Waals surface area (Å²) in [5.41, 5.74) is 1.40. The van der Waals surface area contributed by atoms with E-state index in [1.807, 2.05) is 0 Å². The molecule has 2 heterocycles. The molecule has 6 heteroatoms. The molecule has 2 saturated heterocycles. The molecule has 142 valence electrons. The van der Waals surface area contributed by atoms with E-state index in [0.717, 1.165) is 65.1 Å². The summed E-state index contributed by atoms with van der Waals surface area (Å²) in [4.78, 5) is 16.9. The van der Waals surface area contributed by atoms with Gasteiger partial charge in [-0.25, -0.2) is 0 Å². The minimum Gasteiger partial charge on any atom is -0.340 e. The number of rotatable bonds is 6. The maximum Gasteiger partial charge on any atom is 0.222 e. The van der Waals surface area contributed by atoms with Gasteiger partial charge in [-0.3, -0.25) is 9.69 Å². The first kappa shape index (κ1) is 22.2. The second-order valence-corrected chi connectivity index (χ2v) is 6.86. The standard InChI is InChI=1S/C19H29N3O.2ClH/c23-19(7-6-18-8-10-20-16-18)22-14-12-21(13-15-22)11-9-17-4-2-1-3-5-17;;/h1-5,18,20H,6-16H2;2*1H. The molecule has 2 aliphatic heterocycles. The Bertz CT molecular complexity index is 487.